The third kappa shape index (κ3) is 5.43. The fourth-order valence-electron chi connectivity index (χ4n) is 13.5. The van der Waals surface area contributed by atoms with Crippen molar-refractivity contribution in [1.29, 1.82) is 0 Å². The van der Waals surface area contributed by atoms with E-state index in [0.717, 1.165) is 5.69 Å². The van der Waals surface area contributed by atoms with Crippen molar-refractivity contribution in [3.63, 3.8) is 0 Å². The summed E-state index contributed by atoms with van der Waals surface area (Å²) in [4.78, 5) is 2.52. The van der Waals surface area contributed by atoms with Crippen molar-refractivity contribution in [1.82, 2.24) is 0 Å². The van der Waals surface area contributed by atoms with Gasteiger partial charge >= 0.3 is 0 Å². The Morgan fingerprint density at radius 1 is 0.343 bits per heavy atom. The third-order valence-corrected chi connectivity index (χ3v) is 16.1. The van der Waals surface area contributed by atoms with Crippen LogP contribution in [0.15, 0.2) is 248 Å². The number of allylic oxidation sites excluding steroid dienone is 4. The Morgan fingerprint density at radius 3 is 1.30 bits per heavy atom. The molecule has 0 aliphatic heterocycles. The summed E-state index contributed by atoms with van der Waals surface area (Å²) in [5.41, 5.74) is 22.3. The van der Waals surface area contributed by atoms with Gasteiger partial charge in [0, 0.05) is 28.9 Å². The molecule has 0 aromatic heterocycles. The highest BCUT2D eigenvalue weighted by atomic mass is 15.2. The van der Waals surface area contributed by atoms with Crippen LogP contribution in [0.5, 0.6) is 0 Å². The molecule has 0 amide bonds. The quantitative estimate of drug-likeness (QED) is 0.154. The van der Waals surface area contributed by atoms with Crippen molar-refractivity contribution >= 4 is 16.9 Å². The van der Waals surface area contributed by atoms with Crippen LogP contribution >= 0.6 is 0 Å². The van der Waals surface area contributed by atoms with Gasteiger partial charge in [0.25, 0.3) is 0 Å². The normalized spacial score (nSPS) is 18.3. The first kappa shape index (κ1) is 39.6. The molecule has 1 nitrogen and oxygen atoms in total. The monoisotopic (exact) mass is 857 g/mol. The Balaban J connectivity index is 1.03. The van der Waals surface area contributed by atoms with E-state index in [0.29, 0.717) is 5.92 Å². The highest BCUT2D eigenvalue weighted by Crippen LogP contribution is 2.61. The summed E-state index contributed by atoms with van der Waals surface area (Å²) in [5, 5.41) is 0. The molecule has 4 aliphatic carbocycles. The first-order valence-electron chi connectivity index (χ1n) is 24.0. The van der Waals surface area contributed by atoms with E-state index in [1.165, 1.54) is 94.8 Å². The van der Waals surface area contributed by atoms with Crippen molar-refractivity contribution in [3.05, 3.63) is 304 Å². The van der Waals surface area contributed by atoms with Gasteiger partial charge in [-0.3, -0.25) is 0 Å². The van der Waals surface area contributed by atoms with E-state index < -0.39 is 10.8 Å². The second kappa shape index (κ2) is 14.9. The van der Waals surface area contributed by atoms with Gasteiger partial charge in [-0.2, -0.15) is 0 Å². The van der Waals surface area contributed by atoms with Gasteiger partial charge in [-0.1, -0.05) is 233 Å². The molecule has 2 atom stereocenters. The molecular weight excluding hydrogens is 807 g/mol. The van der Waals surface area contributed by atoms with Crippen molar-refractivity contribution in [3.8, 4) is 22.3 Å². The van der Waals surface area contributed by atoms with Gasteiger partial charge in [-0.05, 0) is 119 Å². The van der Waals surface area contributed by atoms with Crippen LogP contribution in [0.2, 0.25) is 0 Å². The molecule has 67 heavy (non-hydrogen) atoms. The topological polar surface area (TPSA) is 3.24 Å². The molecule has 9 aromatic carbocycles. The summed E-state index contributed by atoms with van der Waals surface area (Å²) < 4.78 is 0. The number of rotatable bonds is 7. The van der Waals surface area contributed by atoms with E-state index >= 15 is 0 Å². The Hall–Kier alpha value is -7.74. The molecule has 4 aliphatic rings. The Morgan fingerprint density at radius 2 is 0.746 bits per heavy atom. The maximum absolute atomic E-state index is 2.58. The standard InChI is InChI=1S/C66H51N/c1-44-62(42-41-56-54-30-13-17-31-57(54)64(2,3)63(44)56)67(49-25-11-6-12-26-49)50-38-35-47(36-39-50)66(59-33-19-14-27-51(59)52-28-15-20-34-60(52)66)48-37-40-55-53-29-16-18-32-58(53)65(61(55)43-48,45-21-7-4-8-22-45)46-23-9-5-10-24-46/h4-44,63H,1-3H3. The fraction of sp³-hybridized carbons (Fsp3) is 0.121. The van der Waals surface area contributed by atoms with E-state index in [1.54, 1.807) is 0 Å². The number of fused-ring (bicyclic) bond motifs is 9. The van der Waals surface area contributed by atoms with Crippen LogP contribution in [0.25, 0.3) is 27.8 Å². The molecule has 1 heteroatoms. The smallest absolute Gasteiger partial charge is 0.0713 e. The van der Waals surface area contributed by atoms with Gasteiger partial charge in [0.2, 0.25) is 0 Å². The fourth-order valence-corrected chi connectivity index (χ4v) is 13.5. The lowest BCUT2D eigenvalue weighted by molar-refractivity contribution is 0.334. The van der Waals surface area contributed by atoms with Gasteiger partial charge in [-0.15, -0.1) is 0 Å². The van der Waals surface area contributed by atoms with Crippen LogP contribution in [0.3, 0.4) is 0 Å². The Bertz CT molecular complexity index is 3360. The number of hydrogen-bond donors (Lipinski definition) is 0. The highest BCUT2D eigenvalue weighted by molar-refractivity contribution is 5.90. The summed E-state index contributed by atoms with van der Waals surface area (Å²) in [6, 6.07) is 86.8. The molecule has 0 saturated heterocycles. The van der Waals surface area contributed by atoms with Gasteiger partial charge in [0.05, 0.1) is 10.8 Å². The van der Waals surface area contributed by atoms with E-state index in [-0.39, 0.29) is 11.3 Å². The lowest BCUT2D eigenvalue weighted by Gasteiger charge is -2.41. The molecule has 13 rings (SSSR count). The first-order valence-corrected chi connectivity index (χ1v) is 24.0. The first-order chi connectivity index (χ1) is 32.9. The molecule has 0 radical (unpaired) electrons. The van der Waals surface area contributed by atoms with E-state index in [1.807, 2.05) is 0 Å². The summed E-state index contributed by atoms with van der Waals surface area (Å²) in [7, 11) is 0. The largest absolute Gasteiger partial charge is 0.314 e. The minimum Gasteiger partial charge on any atom is -0.314 e. The molecule has 2 unspecified atom stereocenters. The van der Waals surface area contributed by atoms with E-state index in [4.69, 9.17) is 0 Å². The summed E-state index contributed by atoms with van der Waals surface area (Å²) in [6.07, 6.45) is 4.81. The third-order valence-electron chi connectivity index (χ3n) is 16.1. The number of nitrogens with zero attached hydrogens (tertiary/aromatic N) is 1. The second-order valence-corrected chi connectivity index (χ2v) is 19.6. The second-order valence-electron chi connectivity index (χ2n) is 19.6. The zero-order valence-corrected chi connectivity index (χ0v) is 38.2. The van der Waals surface area contributed by atoms with E-state index in [9.17, 15) is 0 Å². The Labute approximate surface area is 395 Å². The lowest BCUT2D eigenvalue weighted by Crippen LogP contribution is -2.35. The number of anilines is 2. The molecule has 0 bridgehead atoms. The summed E-state index contributed by atoms with van der Waals surface area (Å²) in [5.74, 6) is 0.627. The number of benzene rings is 9. The minimum absolute atomic E-state index is 0.000949. The van der Waals surface area contributed by atoms with Gasteiger partial charge in [0.1, 0.15) is 0 Å². The van der Waals surface area contributed by atoms with Crippen molar-refractivity contribution < 1.29 is 0 Å². The molecule has 0 N–H and O–H groups in total. The molecule has 0 fully saturated rings. The van der Waals surface area contributed by atoms with Gasteiger partial charge < -0.3 is 4.90 Å². The van der Waals surface area contributed by atoms with Gasteiger partial charge in [-0.25, -0.2) is 0 Å². The summed E-state index contributed by atoms with van der Waals surface area (Å²) in [6.45, 7) is 7.33. The van der Waals surface area contributed by atoms with Crippen LogP contribution in [-0.4, -0.2) is 0 Å². The van der Waals surface area contributed by atoms with Crippen molar-refractivity contribution in [2.45, 2.75) is 37.0 Å². The average Bonchev–Trinajstić information content (AvgIpc) is 3.95. The van der Waals surface area contributed by atoms with E-state index in [2.05, 4.69) is 268 Å². The predicted octanol–water partition coefficient (Wildman–Crippen LogP) is 16.1. The van der Waals surface area contributed by atoms with Crippen molar-refractivity contribution in [2.75, 3.05) is 4.90 Å². The molecule has 0 heterocycles. The minimum atomic E-state index is -0.596. The maximum Gasteiger partial charge on any atom is 0.0713 e. The molecule has 0 spiro atoms. The Kier molecular flexibility index (Phi) is 8.80. The van der Waals surface area contributed by atoms with Crippen LogP contribution in [-0.2, 0) is 16.2 Å². The van der Waals surface area contributed by atoms with Crippen LogP contribution in [0.4, 0.5) is 11.4 Å². The highest BCUT2D eigenvalue weighted by Gasteiger charge is 2.51. The van der Waals surface area contributed by atoms with Crippen molar-refractivity contribution in [2.24, 2.45) is 11.8 Å². The molecular formula is C66H51N. The maximum atomic E-state index is 2.58. The van der Waals surface area contributed by atoms with Crippen LogP contribution in [0.1, 0.15) is 76.4 Å². The predicted molar refractivity (Wildman–Crippen MR) is 278 cm³/mol. The molecule has 320 valence electrons. The molecule has 9 aromatic rings. The van der Waals surface area contributed by atoms with Gasteiger partial charge in [0.15, 0.2) is 0 Å². The zero-order valence-electron chi connectivity index (χ0n) is 38.2. The average molecular weight is 858 g/mol. The lowest BCUT2D eigenvalue weighted by atomic mass is 9.64. The van der Waals surface area contributed by atoms with Crippen LogP contribution < -0.4 is 4.90 Å². The molecule has 0 saturated carbocycles. The SMILES string of the molecule is CC1C(N(c2ccccc2)c2ccc(C3(c4ccc5c(c4)C(c4ccccc4)(c4ccccc4)c4ccccc4-5)c4ccccc4-c4ccccc43)cc2)=CC=C2c3ccccc3C(C)(C)C21. The number of hydrogen-bond acceptors (Lipinski definition) is 1. The summed E-state index contributed by atoms with van der Waals surface area (Å²) >= 11 is 0. The van der Waals surface area contributed by atoms with Crippen LogP contribution in [0, 0.1) is 11.8 Å². The zero-order chi connectivity index (χ0) is 44.9. The number of para-hydroxylation sites is 1.